The average Bonchev–Trinajstić information content (AvgIpc) is 3.13. The molecule has 1 aliphatic heterocycles. The van der Waals surface area contributed by atoms with E-state index in [9.17, 15) is 0 Å². The van der Waals surface area contributed by atoms with E-state index in [-0.39, 0.29) is 0 Å². The highest BCUT2D eigenvalue weighted by molar-refractivity contribution is 6.06. The number of furan rings is 1. The molecule has 5 N–H and O–H groups in total. The normalized spacial score (nSPS) is 23.3. The number of hydrogen-bond donors (Lipinski definition) is 4. The maximum atomic E-state index is 6.66. The van der Waals surface area contributed by atoms with Crippen LogP contribution in [-0.2, 0) is 5.66 Å². The highest BCUT2D eigenvalue weighted by Crippen LogP contribution is 2.46. The van der Waals surface area contributed by atoms with E-state index in [4.69, 9.17) is 15.1 Å². The first-order valence-electron chi connectivity index (χ1n) is 8.16. The predicted octanol–water partition coefficient (Wildman–Crippen LogP) is 2.96. The molecular weight excluding hydrogens is 304 g/mol. The van der Waals surface area contributed by atoms with Crippen molar-refractivity contribution in [1.29, 1.82) is 0 Å². The van der Waals surface area contributed by atoms with Crippen molar-refractivity contribution in [2.75, 3.05) is 10.6 Å². The molecule has 0 spiro atoms. The van der Waals surface area contributed by atoms with Crippen molar-refractivity contribution >= 4 is 28.2 Å². The topological polar surface area (TPSA) is 104 Å². The van der Waals surface area contributed by atoms with Crippen LogP contribution in [0, 0.1) is 5.92 Å². The number of aromatic amines is 1. The van der Waals surface area contributed by atoms with Gasteiger partial charge in [-0.15, -0.1) is 0 Å². The summed E-state index contributed by atoms with van der Waals surface area (Å²) in [4.78, 5) is 4.76. The van der Waals surface area contributed by atoms with Crippen molar-refractivity contribution in [3.63, 3.8) is 0 Å². The summed E-state index contributed by atoms with van der Waals surface area (Å²) in [5.74, 6) is 1.68. The SMILES string of the molecule is NC1(C2CCC2)N=C(Nc2ccc3cn[nH]c3c2)Nc2ccoc21. The van der Waals surface area contributed by atoms with Crippen LogP contribution in [0.2, 0.25) is 0 Å². The van der Waals surface area contributed by atoms with Crippen molar-refractivity contribution in [1.82, 2.24) is 10.2 Å². The Balaban J connectivity index is 1.50. The average molecular weight is 322 g/mol. The van der Waals surface area contributed by atoms with Gasteiger partial charge in [-0.2, -0.15) is 5.10 Å². The number of benzene rings is 1. The van der Waals surface area contributed by atoms with Crippen LogP contribution in [0.25, 0.3) is 10.9 Å². The first-order chi connectivity index (χ1) is 11.7. The van der Waals surface area contributed by atoms with Crippen molar-refractivity contribution in [3.8, 4) is 0 Å². The summed E-state index contributed by atoms with van der Waals surface area (Å²) in [7, 11) is 0. The van der Waals surface area contributed by atoms with E-state index in [2.05, 4.69) is 20.8 Å². The van der Waals surface area contributed by atoms with Crippen LogP contribution < -0.4 is 16.4 Å². The van der Waals surface area contributed by atoms with Gasteiger partial charge in [0.05, 0.1) is 23.7 Å². The molecule has 1 unspecified atom stereocenters. The second-order valence-corrected chi connectivity index (χ2v) is 6.50. The minimum absolute atomic E-state index is 0.316. The molecule has 5 rings (SSSR count). The standard InChI is InChI=1S/C17H18N6O/c18-17(11-2-1-3-11)15-13(6-7-24-15)21-16(22-17)20-12-5-4-10-9-19-23-14(10)8-12/h4-9,11H,1-3,18H2,(H,19,23)(H2,20,21,22). The molecule has 1 atom stereocenters. The third-order valence-electron chi connectivity index (χ3n) is 5.01. The predicted molar refractivity (Wildman–Crippen MR) is 92.7 cm³/mol. The van der Waals surface area contributed by atoms with Crippen LogP contribution in [0.3, 0.4) is 0 Å². The van der Waals surface area contributed by atoms with Crippen LogP contribution in [-0.4, -0.2) is 16.2 Å². The number of fused-ring (bicyclic) bond motifs is 2. The maximum absolute atomic E-state index is 6.66. The Hall–Kier alpha value is -2.80. The minimum atomic E-state index is -0.803. The van der Waals surface area contributed by atoms with E-state index in [1.807, 2.05) is 24.3 Å². The number of nitrogens with zero attached hydrogens (tertiary/aromatic N) is 2. The molecule has 1 saturated carbocycles. The van der Waals surface area contributed by atoms with Crippen LogP contribution in [0.1, 0.15) is 25.0 Å². The molecule has 0 saturated heterocycles. The van der Waals surface area contributed by atoms with E-state index >= 15 is 0 Å². The summed E-state index contributed by atoms with van der Waals surface area (Å²) in [6, 6.07) is 7.90. The van der Waals surface area contributed by atoms with Crippen molar-refractivity contribution in [2.45, 2.75) is 24.9 Å². The highest BCUT2D eigenvalue weighted by Gasteiger charge is 2.46. The summed E-state index contributed by atoms with van der Waals surface area (Å²) in [5.41, 5.74) is 8.63. The fraction of sp³-hybridized carbons (Fsp3) is 0.294. The third kappa shape index (κ3) is 1.94. The lowest BCUT2D eigenvalue weighted by atomic mass is 9.74. The smallest absolute Gasteiger partial charge is 0.202 e. The number of nitrogens with one attached hydrogen (secondary N) is 3. The first kappa shape index (κ1) is 13.6. The second-order valence-electron chi connectivity index (χ2n) is 6.50. The largest absolute Gasteiger partial charge is 0.463 e. The molecule has 3 heterocycles. The van der Waals surface area contributed by atoms with Crippen molar-refractivity contribution < 1.29 is 4.42 Å². The summed E-state index contributed by atoms with van der Waals surface area (Å²) in [6.07, 6.45) is 6.81. The van der Waals surface area contributed by atoms with Gasteiger partial charge < -0.3 is 20.8 Å². The van der Waals surface area contributed by atoms with Gasteiger partial charge in [0.1, 0.15) is 0 Å². The summed E-state index contributed by atoms with van der Waals surface area (Å²) in [6.45, 7) is 0. The number of guanidine groups is 1. The lowest BCUT2D eigenvalue weighted by Crippen LogP contribution is -2.49. The molecule has 24 heavy (non-hydrogen) atoms. The number of H-pyrrole nitrogens is 1. The molecule has 0 amide bonds. The van der Waals surface area contributed by atoms with Crippen LogP contribution in [0.5, 0.6) is 0 Å². The molecule has 1 aromatic carbocycles. The number of nitrogens with two attached hydrogens (primary N) is 1. The van der Waals surface area contributed by atoms with Gasteiger partial charge in [-0.05, 0) is 31.0 Å². The zero-order chi connectivity index (χ0) is 16.1. The fourth-order valence-electron chi connectivity index (χ4n) is 3.44. The van der Waals surface area contributed by atoms with Crippen LogP contribution in [0.15, 0.2) is 46.1 Å². The van der Waals surface area contributed by atoms with E-state index in [1.165, 1.54) is 6.42 Å². The molecule has 3 aromatic rings. The number of rotatable bonds is 2. The zero-order valence-corrected chi connectivity index (χ0v) is 13.0. The Morgan fingerprint density at radius 1 is 1.29 bits per heavy atom. The molecule has 2 aromatic heterocycles. The van der Waals surface area contributed by atoms with Gasteiger partial charge >= 0.3 is 0 Å². The van der Waals surface area contributed by atoms with E-state index < -0.39 is 5.66 Å². The molecule has 122 valence electrons. The number of aromatic nitrogens is 2. The minimum Gasteiger partial charge on any atom is -0.463 e. The fourth-order valence-corrected chi connectivity index (χ4v) is 3.44. The van der Waals surface area contributed by atoms with Gasteiger partial charge in [0.25, 0.3) is 0 Å². The highest BCUT2D eigenvalue weighted by atomic mass is 16.3. The number of anilines is 2. The van der Waals surface area contributed by atoms with Crippen molar-refractivity contribution in [2.24, 2.45) is 16.6 Å². The summed E-state index contributed by atoms with van der Waals surface area (Å²) in [5, 5.41) is 14.7. The Labute approximate surface area is 138 Å². The van der Waals surface area contributed by atoms with Crippen LogP contribution >= 0.6 is 0 Å². The monoisotopic (exact) mass is 322 g/mol. The number of aliphatic imine (C=N–C) groups is 1. The Morgan fingerprint density at radius 2 is 2.21 bits per heavy atom. The van der Waals surface area contributed by atoms with Gasteiger partial charge in [-0.25, -0.2) is 4.99 Å². The molecule has 2 aliphatic rings. The zero-order valence-electron chi connectivity index (χ0n) is 13.0. The van der Waals surface area contributed by atoms with E-state index in [0.717, 1.165) is 40.9 Å². The van der Waals surface area contributed by atoms with E-state index in [1.54, 1.807) is 12.5 Å². The Bertz CT molecular complexity index is 937. The molecule has 1 fully saturated rings. The molecule has 1 aliphatic carbocycles. The van der Waals surface area contributed by atoms with Gasteiger partial charge in [0.15, 0.2) is 11.4 Å². The lowest BCUT2D eigenvalue weighted by Gasteiger charge is -2.41. The summed E-state index contributed by atoms with van der Waals surface area (Å²) >= 11 is 0. The molecule has 7 nitrogen and oxygen atoms in total. The summed E-state index contributed by atoms with van der Waals surface area (Å²) < 4.78 is 5.64. The Kier molecular flexibility index (Phi) is 2.75. The quantitative estimate of drug-likeness (QED) is 0.580. The Morgan fingerprint density at radius 3 is 3.04 bits per heavy atom. The maximum Gasteiger partial charge on any atom is 0.202 e. The van der Waals surface area contributed by atoms with Gasteiger partial charge in [-0.3, -0.25) is 5.10 Å². The number of hydrogen-bond acceptors (Lipinski definition) is 6. The lowest BCUT2D eigenvalue weighted by molar-refractivity contribution is 0.149. The van der Waals surface area contributed by atoms with Gasteiger partial charge in [0, 0.05) is 23.1 Å². The second kappa shape index (κ2) is 4.85. The molecule has 0 radical (unpaired) electrons. The first-order valence-corrected chi connectivity index (χ1v) is 8.16. The van der Waals surface area contributed by atoms with Crippen LogP contribution in [0.4, 0.5) is 11.4 Å². The van der Waals surface area contributed by atoms with Gasteiger partial charge in [-0.1, -0.05) is 6.42 Å². The molecule has 0 bridgehead atoms. The van der Waals surface area contributed by atoms with Crippen molar-refractivity contribution in [3.05, 3.63) is 42.5 Å². The van der Waals surface area contributed by atoms with Gasteiger partial charge in [0.2, 0.25) is 5.96 Å². The van der Waals surface area contributed by atoms with E-state index in [0.29, 0.717) is 11.9 Å². The third-order valence-corrected chi connectivity index (χ3v) is 5.01. The molecular formula is C17H18N6O. The molecule has 7 heteroatoms.